The SMILES string of the molecule is CC(C)(C)OC(=O)COc1cccc(C(=O)C=Cc2cccnc2)c1. The maximum Gasteiger partial charge on any atom is 0.344 e. The van der Waals surface area contributed by atoms with Gasteiger partial charge in [-0.3, -0.25) is 9.78 Å². The minimum absolute atomic E-state index is 0.161. The summed E-state index contributed by atoms with van der Waals surface area (Å²) in [5, 5.41) is 0. The van der Waals surface area contributed by atoms with E-state index in [4.69, 9.17) is 9.47 Å². The highest BCUT2D eigenvalue weighted by Crippen LogP contribution is 2.15. The average Bonchev–Trinajstić information content (AvgIpc) is 2.57. The molecule has 0 atom stereocenters. The van der Waals surface area contributed by atoms with Gasteiger partial charge in [-0.25, -0.2) is 4.79 Å². The molecule has 0 radical (unpaired) electrons. The summed E-state index contributed by atoms with van der Waals surface area (Å²) in [6.45, 7) is 5.16. The minimum Gasteiger partial charge on any atom is -0.482 e. The fraction of sp³-hybridized carbons (Fsp3) is 0.250. The summed E-state index contributed by atoms with van der Waals surface area (Å²) in [6.07, 6.45) is 6.52. The van der Waals surface area contributed by atoms with Crippen LogP contribution in [0.2, 0.25) is 0 Å². The predicted octanol–water partition coefficient (Wildman–Crippen LogP) is 3.70. The maximum absolute atomic E-state index is 12.2. The van der Waals surface area contributed by atoms with Crippen LogP contribution in [0.5, 0.6) is 5.75 Å². The molecule has 1 aromatic carbocycles. The highest BCUT2D eigenvalue weighted by Gasteiger charge is 2.16. The summed E-state index contributed by atoms with van der Waals surface area (Å²) < 4.78 is 10.6. The summed E-state index contributed by atoms with van der Waals surface area (Å²) in [7, 11) is 0. The molecule has 25 heavy (non-hydrogen) atoms. The molecule has 0 bridgehead atoms. The van der Waals surface area contributed by atoms with Gasteiger partial charge in [0.15, 0.2) is 12.4 Å². The zero-order chi connectivity index (χ0) is 18.3. The Kier molecular flexibility index (Phi) is 6.06. The number of ketones is 1. The number of hydrogen-bond donors (Lipinski definition) is 0. The number of allylic oxidation sites excluding steroid dienone is 1. The lowest BCUT2D eigenvalue weighted by molar-refractivity contribution is -0.157. The summed E-state index contributed by atoms with van der Waals surface area (Å²) in [6, 6.07) is 10.3. The molecule has 0 N–H and O–H groups in total. The van der Waals surface area contributed by atoms with E-state index in [0.717, 1.165) is 5.56 Å². The Morgan fingerprint density at radius 3 is 2.64 bits per heavy atom. The third kappa shape index (κ3) is 6.59. The first-order chi connectivity index (χ1) is 11.8. The van der Waals surface area contributed by atoms with Crippen molar-refractivity contribution in [1.29, 1.82) is 0 Å². The first-order valence-corrected chi connectivity index (χ1v) is 7.91. The number of benzene rings is 1. The van der Waals surface area contributed by atoms with Crippen molar-refractivity contribution in [2.24, 2.45) is 0 Å². The normalized spacial score (nSPS) is 11.3. The van der Waals surface area contributed by atoms with E-state index in [0.29, 0.717) is 11.3 Å². The minimum atomic E-state index is -0.560. The molecule has 0 aliphatic rings. The van der Waals surface area contributed by atoms with Crippen LogP contribution in [0.4, 0.5) is 0 Å². The van der Waals surface area contributed by atoms with Gasteiger partial charge in [0.05, 0.1) is 0 Å². The van der Waals surface area contributed by atoms with Gasteiger partial charge < -0.3 is 9.47 Å². The van der Waals surface area contributed by atoms with E-state index < -0.39 is 11.6 Å². The number of esters is 1. The van der Waals surface area contributed by atoms with Gasteiger partial charge in [-0.05, 0) is 56.7 Å². The van der Waals surface area contributed by atoms with Crippen molar-refractivity contribution in [3.05, 3.63) is 66.0 Å². The van der Waals surface area contributed by atoms with E-state index in [1.165, 1.54) is 6.08 Å². The zero-order valence-electron chi connectivity index (χ0n) is 14.6. The van der Waals surface area contributed by atoms with E-state index in [2.05, 4.69) is 4.98 Å². The molecule has 0 unspecified atom stereocenters. The van der Waals surface area contributed by atoms with Gasteiger partial charge in [-0.15, -0.1) is 0 Å². The zero-order valence-corrected chi connectivity index (χ0v) is 14.6. The molecule has 1 heterocycles. The van der Waals surface area contributed by atoms with Crippen molar-refractivity contribution in [3.8, 4) is 5.75 Å². The molecular weight excluding hydrogens is 318 g/mol. The Labute approximate surface area is 147 Å². The lowest BCUT2D eigenvalue weighted by Crippen LogP contribution is -2.27. The molecule has 130 valence electrons. The summed E-state index contributed by atoms with van der Waals surface area (Å²) in [4.78, 5) is 27.9. The van der Waals surface area contributed by atoms with E-state index in [-0.39, 0.29) is 12.4 Å². The summed E-state index contributed by atoms with van der Waals surface area (Å²) in [5.74, 6) is -0.182. The van der Waals surface area contributed by atoms with Gasteiger partial charge in [-0.1, -0.05) is 18.2 Å². The van der Waals surface area contributed by atoms with Crippen LogP contribution >= 0.6 is 0 Å². The van der Waals surface area contributed by atoms with Crippen molar-refractivity contribution >= 4 is 17.8 Å². The molecule has 0 aliphatic heterocycles. The van der Waals surface area contributed by atoms with Crippen LogP contribution in [0, 0.1) is 0 Å². The Balaban J connectivity index is 1.97. The molecular formula is C20H21NO4. The predicted molar refractivity (Wildman–Crippen MR) is 95.4 cm³/mol. The van der Waals surface area contributed by atoms with E-state index >= 15 is 0 Å². The molecule has 0 spiro atoms. The highest BCUT2D eigenvalue weighted by molar-refractivity contribution is 6.07. The Morgan fingerprint density at radius 2 is 1.96 bits per heavy atom. The molecule has 1 aromatic heterocycles. The van der Waals surface area contributed by atoms with Gasteiger partial charge in [-0.2, -0.15) is 0 Å². The lowest BCUT2D eigenvalue weighted by atomic mass is 10.1. The van der Waals surface area contributed by atoms with Crippen molar-refractivity contribution < 1.29 is 19.1 Å². The highest BCUT2D eigenvalue weighted by atomic mass is 16.6. The second-order valence-corrected chi connectivity index (χ2v) is 6.39. The molecule has 2 rings (SSSR count). The second-order valence-electron chi connectivity index (χ2n) is 6.39. The van der Waals surface area contributed by atoms with E-state index in [9.17, 15) is 9.59 Å². The number of carbonyl (C=O) groups is 2. The number of carbonyl (C=O) groups excluding carboxylic acids is 2. The Bertz CT molecular complexity index is 761. The maximum atomic E-state index is 12.2. The van der Waals surface area contributed by atoms with Crippen LogP contribution in [0.1, 0.15) is 36.7 Å². The third-order valence-corrected chi connectivity index (χ3v) is 3.01. The molecule has 0 aliphatic carbocycles. The van der Waals surface area contributed by atoms with Crippen LogP contribution in [0.15, 0.2) is 54.9 Å². The molecule has 5 heteroatoms. The van der Waals surface area contributed by atoms with Crippen LogP contribution in [-0.2, 0) is 9.53 Å². The third-order valence-electron chi connectivity index (χ3n) is 3.01. The summed E-state index contributed by atoms with van der Waals surface area (Å²) >= 11 is 0. The number of hydrogen-bond acceptors (Lipinski definition) is 5. The largest absolute Gasteiger partial charge is 0.482 e. The quantitative estimate of drug-likeness (QED) is 0.456. The van der Waals surface area contributed by atoms with Gasteiger partial charge in [0.25, 0.3) is 0 Å². The average molecular weight is 339 g/mol. The molecule has 0 saturated heterocycles. The standard InChI is InChI=1S/C20H21NO4/c1-20(2,3)25-19(23)14-24-17-8-4-7-16(12-17)18(22)10-9-15-6-5-11-21-13-15/h4-13H,14H2,1-3H3. The first kappa shape index (κ1) is 18.4. The van der Waals surface area contributed by atoms with E-state index in [1.54, 1.807) is 69.6 Å². The molecule has 0 fully saturated rings. The van der Waals surface area contributed by atoms with Crippen LogP contribution in [-0.4, -0.2) is 28.9 Å². The number of rotatable bonds is 6. The van der Waals surface area contributed by atoms with Crippen LogP contribution in [0.3, 0.4) is 0 Å². The fourth-order valence-electron chi connectivity index (χ4n) is 2.00. The molecule has 2 aromatic rings. The topological polar surface area (TPSA) is 65.5 Å². The lowest BCUT2D eigenvalue weighted by Gasteiger charge is -2.19. The Hall–Kier alpha value is -2.95. The van der Waals surface area contributed by atoms with Gasteiger partial charge >= 0.3 is 5.97 Å². The van der Waals surface area contributed by atoms with Crippen molar-refractivity contribution in [3.63, 3.8) is 0 Å². The smallest absolute Gasteiger partial charge is 0.344 e. The molecule has 0 saturated carbocycles. The van der Waals surface area contributed by atoms with Gasteiger partial charge in [0.1, 0.15) is 11.4 Å². The number of aromatic nitrogens is 1. The van der Waals surface area contributed by atoms with Crippen molar-refractivity contribution in [1.82, 2.24) is 4.98 Å². The fourth-order valence-corrected chi connectivity index (χ4v) is 2.00. The van der Waals surface area contributed by atoms with Crippen molar-refractivity contribution in [2.75, 3.05) is 6.61 Å². The second kappa shape index (κ2) is 8.24. The van der Waals surface area contributed by atoms with Crippen LogP contribution in [0.25, 0.3) is 6.08 Å². The number of ether oxygens (including phenoxy) is 2. The monoisotopic (exact) mass is 339 g/mol. The van der Waals surface area contributed by atoms with Gasteiger partial charge in [0, 0.05) is 18.0 Å². The first-order valence-electron chi connectivity index (χ1n) is 7.91. The van der Waals surface area contributed by atoms with Crippen LogP contribution < -0.4 is 4.74 Å². The molecule has 5 nitrogen and oxygen atoms in total. The molecule has 0 amide bonds. The Morgan fingerprint density at radius 1 is 1.16 bits per heavy atom. The summed E-state index contributed by atoms with van der Waals surface area (Å²) in [5.41, 5.74) is 0.755. The number of pyridine rings is 1. The van der Waals surface area contributed by atoms with Crippen molar-refractivity contribution in [2.45, 2.75) is 26.4 Å². The number of nitrogens with zero attached hydrogens (tertiary/aromatic N) is 1. The van der Waals surface area contributed by atoms with E-state index in [1.807, 2.05) is 6.07 Å². The van der Waals surface area contributed by atoms with Gasteiger partial charge in [0.2, 0.25) is 0 Å².